The number of hydrogen-bond donors (Lipinski definition) is 0. The third kappa shape index (κ3) is 6.46. The van der Waals surface area contributed by atoms with Crippen LogP contribution >= 0.6 is 0 Å². The first-order chi connectivity index (χ1) is 23.4. The molecule has 0 N–H and O–H groups in total. The van der Waals surface area contributed by atoms with E-state index in [1.54, 1.807) is 22.3 Å². The van der Waals surface area contributed by atoms with Crippen molar-refractivity contribution in [2.45, 2.75) is 177 Å². The average molecular weight is 685 g/mol. The molecule has 0 heterocycles. The standard InChI is InChI=1S/C51H72/c1-26-30(5)38(13)46(39(14)31(26)6)23-50(21,22)25-51(48-42(17)34(9)28(3)35(10)43(48)18,49-44(19)36(11)29(4)37(12)45(49)20)24-47-40(15)32(7)27(2)33(8)41(47)16/h23-25H2,1-22H3. The topological polar surface area (TPSA) is 0 Å². The van der Waals surface area contributed by atoms with Crippen LogP contribution in [0, 0.1) is 144 Å². The van der Waals surface area contributed by atoms with Crippen LogP contribution in [0.25, 0.3) is 0 Å². The molecule has 0 amide bonds. The van der Waals surface area contributed by atoms with E-state index in [0.717, 1.165) is 19.3 Å². The molecule has 0 atom stereocenters. The highest BCUT2D eigenvalue weighted by Gasteiger charge is 2.45. The summed E-state index contributed by atoms with van der Waals surface area (Å²) < 4.78 is 0. The van der Waals surface area contributed by atoms with Gasteiger partial charge < -0.3 is 0 Å². The van der Waals surface area contributed by atoms with Gasteiger partial charge in [0.2, 0.25) is 0 Å². The Morgan fingerprint density at radius 2 is 0.451 bits per heavy atom. The van der Waals surface area contributed by atoms with Gasteiger partial charge in [-0.3, -0.25) is 0 Å². The monoisotopic (exact) mass is 685 g/mol. The van der Waals surface area contributed by atoms with Gasteiger partial charge in [0.25, 0.3) is 0 Å². The minimum Gasteiger partial charge on any atom is -0.0595 e. The summed E-state index contributed by atoms with van der Waals surface area (Å²) in [6, 6.07) is 0. The van der Waals surface area contributed by atoms with Crippen LogP contribution in [0.15, 0.2) is 0 Å². The molecule has 0 aliphatic carbocycles. The fourth-order valence-electron chi connectivity index (χ4n) is 10.3. The molecule has 51 heavy (non-hydrogen) atoms. The summed E-state index contributed by atoms with van der Waals surface area (Å²) in [5.41, 5.74) is 35.2. The van der Waals surface area contributed by atoms with Crippen LogP contribution in [0.1, 0.15) is 154 Å². The van der Waals surface area contributed by atoms with Crippen molar-refractivity contribution in [1.29, 1.82) is 0 Å². The quantitative estimate of drug-likeness (QED) is 0.173. The van der Waals surface area contributed by atoms with E-state index in [1.165, 1.54) is 111 Å². The van der Waals surface area contributed by atoms with Crippen LogP contribution in [0.5, 0.6) is 0 Å². The normalized spacial score (nSPS) is 12.4. The third-order valence-corrected chi connectivity index (χ3v) is 15.2. The van der Waals surface area contributed by atoms with Gasteiger partial charge in [-0.2, -0.15) is 0 Å². The summed E-state index contributed by atoms with van der Waals surface area (Å²) in [7, 11) is 0. The van der Waals surface area contributed by atoms with E-state index in [0.29, 0.717) is 0 Å². The zero-order chi connectivity index (χ0) is 39.0. The first kappa shape index (κ1) is 40.6. The van der Waals surface area contributed by atoms with Crippen molar-refractivity contribution in [3.8, 4) is 0 Å². The van der Waals surface area contributed by atoms with Gasteiger partial charge in [-0.15, -0.1) is 0 Å². The van der Waals surface area contributed by atoms with Crippen molar-refractivity contribution in [2.24, 2.45) is 5.41 Å². The Labute approximate surface area is 314 Å². The van der Waals surface area contributed by atoms with Crippen molar-refractivity contribution in [2.75, 3.05) is 0 Å². The molecule has 0 bridgehead atoms. The van der Waals surface area contributed by atoms with Crippen LogP contribution in [-0.2, 0) is 18.3 Å². The van der Waals surface area contributed by atoms with E-state index < -0.39 is 0 Å². The van der Waals surface area contributed by atoms with Crippen molar-refractivity contribution >= 4 is 0 Å². The van der Waals surface area contributed by atoms with E-state index in [-0.39, 0.29) is 10.8 Å². The molecule has 0 heteroatoms. The first-order valence-electron chi connectivity index (χ1n) is 19.6. The average Bonchev–Trinajstić information content (AvgIpc) is 3.08. The van der Waals surface area contributed by atoms with Gasteiger partial charge in [-0.1, -0.05) is 13.8 Å². The van der Waals surface area contributed by atoms with Gasteiger partial charge in [0, 0.05) is 5.41 Å². The van der Waals surface area contributed by atoms with Gasteiger partial charge in [0.05, 0.1) is 0 Å². The summed E-state index contributed by atoms with van der Waals surface area (Å²) >= 11 is 0. The molecule has 4 aromatic rings. The lowest BCUT2D eigenvalue weighted by Gasteiger charge is -2.47. The second-order valence-electron chi connectivity index (χ2n) is 18.0. The Morgan fingerprint density at radius 3 is 0.706 bits per heavy atom. The number of benzene rings is 4. The predicted molar refractivity (Wildman–Crippen MR) is 227 cm³/mol. The lowest BCUT2D eigenvalue weighted by atomic mass is 9.56. The highest BCUT2D eigenvalue weighted by molar-refractivity contribution is 5.63. The maximum Gasteiger partial charge on any atom is 0.0259 e. The molecule has 0 spiro atoms. The van der Waals surface area contributed by atoms with Crippen molar-refractivity contribution in [3.05, 3.63) is 134 Å². The maximum absolute atomic E-state index is 2.58. The fourth-order valence-corrected chi connectivity index (χ4v) is 10.3. The smallest absolute Gasteiger partial charge is 0.0259 e. The number of rotatable bonds is 8. The lowest BCUT2D eigenvalue weighted by molar-refractivity contribution is 0.251. The van der Waals surface area contributed by atoms with Crippen molar-refractivity contribution < 1.29 is 0 Å². The van der Waals surface area contributed by atoms with Gasteiger partial charge in [0.1, 0.15) is 0 Å². The molecule has 0 fully saturated rings. The second-order valence-corrected chi connectivity index (χ2v) is 18.0. The minimum absolute atomic E-state index is 0.00257. The van der Waals surface area contributed by atoms with Crippen LogP contribution < -0.4 is 0 Å². The summed E-state index contributed by atoms with van der Waals surface area (Å²) in [4.78, 5) is 0. The van der Waals surface area contributed by atoms with Gasteiger partial charge in [-0.25, -0.2) is 0 Å². The van der Waals surface area contributed by atoms with Crippen molar-refractivity contribution in [3.63, 3.8) is 0 Å². The Kier molecular flexibility index (Phi) is 11.2. The number of hydrogen-bond acceptors (Lipinski definition) is 0. The Hall–Kier alpha value is -3.12. The molecule has 4 rings (SSSR count). The highest BCUT2D eigenvalue weighted by Crippen LogP contribution is 2.53. The molecule has 0 unspecified atom stereocenters. The zero-order valence-corrected chi connectivity index (χ0v) is 37.1. The van der Waals surface area contributed by atoms with Gasteiger partial charge >= 0.3 is 0 Å². The molecule has 276 valence electrons. The molecule has 0 aromatic heterocycles. The lowest BCUT2D eigenvalue weighted by Crippen LogP contribution is -2.41. The largest absolute Gasteiger partial charge is 0.0595 e. The van der Waals surface area contributed by atoms with E-state index in [2.05, 4.69) is 152 Å². The van der Waals surface area contributed by atoms with Gasteiger partial charge in [-0.05, 0) is 297 Å². The zero-order valence-electron chi connectivity index (χ0n) is 37.1. The Balaban J connectivity index is 2.29. The minimum atomic E-state index is -0.251. The predicted octanol–water partition coefficient (Wildman–Crippen LogP) is 14.0. The fraction of sp³-hybridized carbons (Fsp3) is 0.529. The van der Waals surface area contributed by atoms with Crippen LogP contribution in [0.3, 0.4) is 0 Å². The van der Waals surface area contributed by atoms with E-state index in [9.17, 15) is 0 Å². The summed E-state index contributed by atoms with van der Waals surface area (Å²) in [5, 5.41) is 0. The van der Waals surface area contributed by atoms with Gasteiger partial charge in [0.15, 0.2) is 0 Å². The first-order valence-corrected chi connectivity index (χ1v) is 19.6. The Bertz CT molecular complexity index is 1880. The molecule has 0 radical (unpaired) electrons. The van der Waals surface area contributed by atoms with Crippen LogP contribution in [0.2, 0.25) is 0 Å². The molecule has 0 aliphatic rings. The third-order valence-electron chi connectivity index (χ3n) is 15.2. The Morgan fingerprint density at radius 1 is 0.255 bits per heavy atom. The maximum atomic E-state index is 2.58. The summed E-state index contributed by atoms with van der Waals surface area (Å²) in [6.07, 6.45) is 3.11. The van der Waals surface area contributed by atoms with E-state index in [4.69, 9.17) is 0 Å². The SMILES string of the molecule is Cc1c(C)c(C)c(CC(C)(C)CC(Cc2c(C)c(C)c(C)c(C)c2C)(c2c(C)c(C)c(C)c(C)c2C)c2c(C)c(C)c(C)c(C)c2C)c(C)c1C. The summed E-state index contributed by atoms with van der Waals surface area (Å²) in [6.45, 7) is 52.7. The van der Waals surface area contributed by atoms with Crippen LogP contribution in [-0.4, -0.2) is 0 Å². The van der Waals surface area contributed by atoms with Crippen molar-refractivity contribution in [1.82, 2.24) is 0 Å². The second kappa shape index (κ2) is 14.0. The molecular weight excluding hydrogens is 613 g/mol. The molecule has 0 saturated carbocycles. The molecular formula is C51H72. The molecule has 0 nitrogen and oxygen atoms in total. The van der Waals surface area contributed by atoms with Crippen LogP contribution in [0.4, 0.5) is 0 Å². The van der Waals surface area contributed by atoms with E-state index in [1.807, 2.05) is 0 Å². The summed E-state index contributed by atoms with van der Waals surface area (Å²) in [5.74, 6) is 0. The molecule has 0 saturated heterocycles. The highest BCUT2D eigenvalue weighted by atomic mass is 14.5. The molecule has 4 aromatic carbocycles. The van der Waals surface area contributed by atoms with E-state index >= 15 is 0 Å². The molecule has 0 aliphatic heterocycles.